The number of aromatic nitrogens is 5. The van der Waals surface area contributed by atoms with Crippen LogP contribution < -0.4 is 16.0 Å². The average Bonchev–Trinajstić information content (AvgIpc) is 3.38. The van der Waals surface area contributed by atoms with Crippen LogP contribution in [-0.4, -0.2) is 30.5 Å². The van der Waals surface area contributed by atoms with E-state index in [4.69, 9.17) is 9.84 Å². The first-order chi connectivity index (χ1) is 20.3. The molecular weight excluding hydrogens is 526 g/mol. The molecule has 8 nitrogen and oxygen atoms in total. The van der Waals surface area contributed by atoms with Gasteiger partial charge < -0.3 is 4.74 Å². The molecule has 8 heteroatoms. The summed E-state index contributed by atoms with van der Waals surface area (Å²) >= 11 is 0. The molecule has 0 fully saturated rings. The molecule has 0 amide bonds. The third-order valence-corrected chi connectivity index (χ3v) is 7.68. The molecule has 6 aromatic rings. The van der Waals surface area contributed by atoms with Crippen molar-refractivity contribution in [1.29, 1.82) is 0 Å². The summed E-state index contributed by atoms with van der Waals surface area (Å²) in [5, 5.41) is 7.61. The first-order valence-corrected chi connectivity index (χ1v) is 14.1. The van der Waals surface area contributed by atoms with Gasteiger partial charge >= 0.3 is 5.69 Å². The molecule has 0 saturated heterocycles. The molecule has 0 spiro atoms. The quantitative estimate of drug-likeness (QED) is 0.244. The molecular formula is C34H33N5O3. The Hall–Kier alpha value is -4.98. The van der Waals surface area contributed by atoms with Crippen LogP contribution in [0.1, 0.15) is 30.5 Å². The Morgan fingerprint density at radius 1 is 0.857 bits per heavy atom. The highest BCUT2D eigenvalue weighted by molar-refractivity contribution is 5.91. The van der Waals surface area contributed by atoms with Crippen molar-refractivity contribution < 1.29 is 4.74 Å². The van der Waals surface area contributed by atoms with E-state index in [-0.39, 0.29) is 12.1 Å². The number of fused-ring (bicyclic) bond motifs is 2. The van der Waals surface area contributed by atoms with Gasteiger partial charge in [-0.05, 0) is 58.5 Å². The molecule has 0 aliphatic heterocycles. The van der Waals surface area contributed by atoms with E-state index in [9.17, 15) is 9.59 Å². The summed E-state index contributed by atoms with van der Waals surface area (Å²) in [6, 6.07) is 24.0. The minimum Gasteiger partial charge on any atom is -0.493 e. The third-order valence-electron chi connectivity index (χ3n) is 7.68. The monoisotopic (exact) mass is 559 g/mol. The van der Waals surface area contributed by atoms with E-state index in [0.29, 0.717) is 35.8 Å². The number of ether oxygens (including phenoxy) is 1. The molecule has 3 heterocycles. The molecule has 212 valence electrons. The summed E-state index contributed by atoms with van der Waals surface area (Å²) in [6.45, 7) is 7.47. The smallest absolute Gasteiger partial charge is 0.332 e. The fourth-order valence-corrected chi connectivity index (χ4v) is 5.43. The standard InChI is InChI=1S/C34H33N5O3/c1-22(2)21-42-29-14-8-11-26(23(29)3)19-38-32-30(33(40)37(4)34(38)41)31(25-15-17-35-18-16-25)39(36-32)20-27-12-7-10-24-9-5-6-13-28(24)27/h5-18,22H,19-21H2,1-4H3. The second kappa shape index (κ2) is 11.1. The Morgan fingerprint density at radius 2 is 1.57 bits per heavy atom. The number of hydrogen-bond donors (Lipinski definition) is 0. The fourth-order valence-electron chi connectivity index (χ4n) is 5.43. The molecule has 3 aromatic carbocycles. The minimum absolute atomic E-state index is 0.245. The lowest BCUT2D eigenvalue weighted by Crippen LogP contribution is -2.38. The van der Waals surface area contributed by atoms with E-state index >= 15 is 0 Å². The lowest BCUT2D eigenvalue weighted by Gasteiger charge is -2.15. The van der Waals surface area contributed by atoms with E-state index < -0.39 is 5.69 Å². The van der Waals surface area contributed by atoms with Crippen LogP contribution in [0.5, 0.6) is 5.75 Å². The van der Waals surface area contributed by atoms with Crippen molar-refractivity contribution in [2.45, 2.75) is 33.9 Å². The van der Waals surface area contributed by atoms with Crippen LogP contribution >= 0.6 is 0 Å². The van der Waals surface area contributed by atoms with Crippen LogP contribution in [0, 0.1) is 12.8 Å². The second-order valence-corrected chi connectivity index (χ2v) is 11.1. The maximum Gasteiger partial charge on any atom is 0.332 e. The van der Waals surface area contributed by atoms with Gasteiger partial charge in [0.1, 0.15) is 11.1 Å². The van der Waals surface area contributed by atoms with Crippen molar-refractivity contribution in [3.8, 4) is 17.0 Å². The number of benzene rings is 3. The normalized spacial score (nSPS) is 11.5. The van der Waals surface area contributed by atoms with E-state index in [2.05, 4.69) is 43.1 Å². The number of pyridine rings is 1. The summed E-state index contributed by atoms with van der Waals surface area (Å²) in [5.41, 5.74) is 3.94. The van der Waals surface area contributed by atoms with E-state index in [1.807, 2.05) is 60.1 Å². The highest BCUT2D eigenvalue weighted by Gasteiger charge is 2.23. The lowest BCUT2D eigenvalue weighted by molar-refractivity contribution is 0.269. The van der Waals surface area contributed by atoms with Gasteiger partial charge in [-0.1, -0.05) is 68.4 Å². The summed E-state index contributed by atoms with van der Waals surface area (Å²) in [6.07, 6.45) is 3.39. The van der Waals surface area contributed by atoms with Crippen molar-refractivity contribution in [3.63, 3.8) is 0 Å². The zero-order chi connectivity index (χ0) is 29.4. The van der Waals surface area contributed by atoms with Gasteiger partial charge in [-0.15, -0.1) is 0 Å². The summed E-state index contributed by atoms with van der Waals surface area (Å²) in [4.78, 5) is 31.6. The largest absolute Gasteiger partial charge is 0.493 e. The zero-order valence-corrected chi connectivity index (χ0v) is 24.2. The van der Waals surface area contributed by atoms with Crippen LogP contribution in [0.15, 0.2) is 94.8 Å². The first-order valence-electron chi connectivity index (χ1n) is 14.1. The van der Waals surface area contributed by atoms with Gasteiger partial charge in [-0.2, -0.15) is 5.10 Å². The molecule has 0 aliphatic rings. The van der Waals surface area contributed by atoms with Crippen molar-refractivity contribution in [2.24, 2.45) is 13.0 Å². The van der Waals surface area contributed by atoms with Crippen LogP contribution in [0.4, 0.5) is 0 Å². The molecule has 3 aromatic heterocycles. The summed E-state index contributed by atoms with van der Waals surface area (Å²) in [7, 11) is 1.52. The van der Waals surface area contributed by atoms with Crippen LogP contribution in [-0.2, 0) is 20.1 Å². The molecule has 0 atom stereocenters. The number of nitrogens with zero attached hydrogens (tertiary/aromatic N) is 5. The SMILES string of the molecule is Cc1c(Cn2c(=O)n(C)c(=O)c3c(-c4ccncc4)n(Cc4cccc5ccccc45)nc32)cccc1OCC(C)C. The summed E-state index contributed by atoms with van der Waals surface area (Å²) < 4.78 is 10.7. The van der Waals surface area contributed by atoms with Gasteiger partial charge in [0.15, 0.2) is 5.65 Å². The lowest BCUT2D eigenvalue weighted by atomic mass is 10.0. The number of hydrogen-bond acceptors (Lipinski definition) is 5. The van der Waals surface area contributed by atoms with Crippen molar-refractivity contribution >= 4 is 21.8 Å². The molecule has 42 heavy (non-hydrogen) atoms. The zero-order valence-electron chi connectivity index (χ0n) is 24.2. The van der Waals surface area contributed by atoms with Gasteiger partial charge in [0.05, 0.1) is 25.4 Å². The van der Waals surface area contributed by atoms with Crippen molar-refractivity contribution in [1.82, 2.24) is 23.9 Å². The molecule has 6 rings (SSSR count). The van der Waals surface area contributed by atoms with Gasteiger partial charge in [0.25, 0.3) is 5.56 Å². The molecule has 0 bridgehead atoms. The van der Waals surface area contributed by atoms with Gasteiger partial charge in [-0.25, -0.2) is 4.79 Å². The Labute approximate surface area is 243 Å². The Morgan fingerprint density at radius 3 is 2.36 bits per heavy atom. The van der Waals surface area contributed by atoms with Crippen LogP contribution in [0.3, 0.4) is 0 Å². The maximum atomic E-state index is 13.8. The second-order valence-electron chi connectivity index (χ2n) is 11.1. The number of rotatable bonds is 8. The van der Waals surface area contributed by atoms with Gasteiger partial charge in [0, 0.05) is 25.0 Å². The minimum atomic E-state index is -0.420. The highest BCUT2D eigenvalue weighted by atomic mass is 16.5. The Balaban J connectivity index is 1.57. The predicted molar refractivity (Wildman–Crippen MR) is 166 cm³/mol. The van der Waals surface area contributed by atoms with Crippen LogP contribution in [0.25, 0.3) is 33.1 Å². The van der Waals surface area contributed by atoms with E-state index in [1.165, 1.54) is 11.6 Å². The maximum absolute atomic E-state index is 13.8. The van der Waals surface area contributed by atoms with Gasteiger partial charge in [-0.3, -0.25) is 23.6 Å². The Kier molecular flexibility index (Phi) is 7.20. The topological polar surface area (TPSA) is 83.9 Å². The Bertz CT molecular complexity index is 2030. The third kappa shape index (κ3) is 4.89. The summed E-state index contributed by atoms with van der Waals surface area (Å²) in [5.74, 6) is 1.17. The van der Waals surface area contributed by atoms with Crippen molar-refractivity contribution in [2.75, 3.05) is 6.61 Å². The molecule has 0 aliphatic carbocycles. The van der Waals surface area contributed by atoms with Crippen molar-refractivity contribution in [3.05, 3.63) is 123 Å². The van der Waals surface area contributed by atoms with Gasteiger partial charge in [0.2, 0.25) is 0 Å². The van der Waals surface area contributed by atoms with E-state index in [1.54, 1.807) is 17.0 Å². The first kappa shape index (κ1) is 27.2. The molecule has 0 unspecified atom stereocenters. The average molecular weight is 560 g/mol. The molecule has 0 radical (unpaired) electrons. The molecule has 0 saturated carbocycles. The van der Waals surface area contributed by atoms with Crippen LogP contribution in [0.2, 0.25) is 0 Å². The fraction of sp³-hybridized carbons (Fsp3) is 0.235. The predicted octanol–water partition coefficient (Wildman–Crippen LogP) is 5.55. The van der Waals surface area contributed by atoms with E-state index in [0.717, 1.165) is 38.8 Å². The molecule has 0 N–H and O–H groups in total. The highest BCUT2D eigenvalue weighted by Crippen LogP contribution is 2.29.